The number of benzene rings is 2. The molecule has 0 saturated heterocycles. The van der Waals surface area contributed by atoms with Gasteiger partial charge in [0.05, 0.1) is 11.0 Å². The first-order chi connectivity index (χ1) is 11.6. The Morgan fingerprint density at radius 2 is 2.00 bits per heavy atom. The lowest BCUT2D eigenvalue weighted by molar-refractivity contribution is 0.102. The number of imidazole rings is 1. The molecule has 0 bridgehead atoms. The van der Waals surface area contributed by atoms with Crippen molar-refractivity contribution in [2.24, 2.45) is 0 Å². The number of H-pyrrole nitrogens is 1. The Labute approximate surface area is 141 Å². The first-order valence-corrected chi connectivity index (χ1v) is 8.48. The molecule has 0 aliphatic heterocycles. The van der Waals surface area contributed by atoms with Gasteiger partial charge in [0, 0.05) is 17.2 Å². The average molecular weight is 319 g/mol. The number of nitrogens with one attached hydrogen (secondary N) is 2. The highest BCUT2D eigenvalue weighted by molar-refractivity contribution is 6.06. The molecule has 1 aliphatic carbocycles. The van der Waals surface area contributed by atoms with Crippen molar-refractivity contribution in [1.82, 2.24) is 9.97 Å². The Morgan fingerprint density at radius 1 is 1.17 bits per heavy atom. The maximum absolute atomic E-state index is 12.6. The number of rotatable bonds is 3. The molecule has 0 atom stereocenters. The fraction of sp³-hybridized carbons (Fsp3) is 0.300. The molecule has 1 aromatic heterocycles. The molecule has 1 amide bonds. The summed E-state index contributed by atoms with van der Waals surface area (Å²) in [4.78, 5) is 20.6. The molecule has 1 fully saturated rings. The standard InChI is InChI=1S/C20H21N3O/c1-12-6-7-13(2)16(10-12)20(24)21-15-8-9-17-18(11-15)23-19(22-17)14-4-3-5-14/h6-11,14H,3-5H2,1-2H3,(H,21,24)(H,22,23). The summed E-state index contributed by atoms with van der Waals surface area (Å²) < 4.78 is 0. The molecule has 4 nitrogen and oxygen atoms in total. The van der Waals surface area contributed by atoms with E-state index in [0.29, 0.717) is 5.92 Å². The summed E-state index contributed by atoms with van der Waals surface area (Å²) in [6, 6.07) is 11.8. The molecule has 2 N–H and O–H groups in total. The summed E-state index contributed by atoms with van der Waals surface area (Å²) in [5.41, 5.74) is 5.51. The van der Waals surface area contributed by atoms with Gasteiger partial charge in [-0.25, -0.2) is 4.98 Å². The van der Waals surface area contributed by atoms with Gasteiger partial charge in [0.25, 0.3) is 5.91 Å². The van der Waals surface area contributed by atoms with Crippen molar-refractivity contribution >= 4 is 22.6 Å². The lowest BCUT2D eigenvalue weighted by Crippen LogP contribution is -2.13. The summed E-state index contributed by atoms with van der Waals surface area (Å²) in [5.74, 6) is 1.58. The fourth-order valence-electron chi connectivity index (χ4n) is 3.16. The van der Waals surface area contributed by atoms with Gasteiger partial charge in [-0.2, -0.15) is 0 Å². The minimum atomic E-state index is -0.0747. The van der Waals surface area contributed by atoms with E-state index in [-0.39, 0.29) is 5.91 Å². The summed E-state index contributed by atoms with van der Waals surface area (Å²) in [6.45, 7) is 3.95. The van der Waals surface area contributed by atoms with Gasteiger partial charge in [0.2, 0.25) is 0 Å². The van der Waals surface area contributed by atoms with E-state index in [4.69, 9.17) is 0 Å². The Kier molecular flexibility index (Phi) is 3.60. The van der Waals surface area contributed by atoms with Gasteiger partial charge in [-0.1, -0.05) is 24.1 Å². The zero-order chi connectivity index (χ0) is 16.7. The minimum Gasteiger partial charge on any atom is -0.342 e. The number of carbonyl (C=O) groups is 1. The van der Waals surface area contributed by atoms with Crippen LogP contribution >= 0.6 is 0 Å². The van der Waals surface area contributed by atoms with Gasteiger partial charge >= 0.3 is 0 Å². The lowest BCUT2D eigenvalue weighted by atomic mass is 9.85. The Bertz CT molecular complexity index is 922. The Hall–Kier alpha value is -2.62. The van der Waals surface area contributed by atoms with Crippen LogP contribution in [0.25, 0.3) is 11.0 Å². The highest BCUT2D eigenvalue weighted by Crippen LogP contribution is 2.35. The molecule has 4 heteroatoms. The summed E-state index contributed by atoms with van der Waals surface area (Å²) in [5, 5.41) is 3.00. The first kappa shape index (κ1) is 14.9. The van der Waals surface area contributed by atoms with Crippen LogP contribution in [0.5, 0.6) is 0 Å². The van der Waals surface area contributed by atoms with Gasteiger partial charge in [-0.3, -0.25) is 4.79 Å². The highest BCUT2D eigenvalue weighted by atomic mass is 16.1. The van der Waals surface area contributed by atoms with Crippen LogP contribution in [0.3, 0.4) is 0 Å². The summed E-state index contributed by atoms with van der Waals surface area (Å²) in [6.07, 6.45) is 3.73. The maximum atomic E-state index is 12.6. The molecular weight excluding hydrogens is 298 g/mol. The second-order valence-corrected chi connectivity index (χ2v) is 6.75. The number of aromatic nitrogens is 2. The molecule has 122 valence electrons. The number of carbonyl (C=O) groups excluding carboxylic acids is 1. The van der Waals surface area contributed by atoms with E-state index in [1.165, 1.54) is 19.3 Å². The number of amides is 1. The van der Waals surface area contributed by atoms with Crippen molar-refractivity contribution in [1.29, 1.82) is 0 Å². The van der Waals surface area contributed by atoms with Crippen LogP contribution in [0, 0.1) is 13.8 Å². The van der Waals surface area contributed by atoms with Crippen LogP contribution in [0.4, 0.5) is 5.69 Å². The fourth-order valence-corrected chi connectivity index (χ4v) is 3.16. The molecule has 2 aromatic carbocycles. The van der Waals surface area contributed by atoms with Crippen molar-refractivity contribution < 1.29 is 4.79 Å². The van der Waals surface area contributed by atoms with Crippen LogP contribution in [-0.2, 0) is 0 Å². The quantitative estimate of drug-likeness (QED) is 0.735. The molecule has 0 radical (unpaired) electrons. The summed E-state index contributed by atoms with van der Waals surface area (Å²) >= 11 is 0. The monoisotopic (exact) mass is 319 g/mol. The Balaban J connectivity index is 1.59. The SMILES string of the molecule is Cc1ccc(C)c(C(=O)Nc2ccc3nc(C4CCC4)[nH]c3c2)c1. The van der Waals surface area contributed by atoms with Gasteiger partial charge in [0.15, 0.2) is 0 Å². The average Bonchev–Trinajstić information content (AvgIpc) is 2.90. The lowest BCUT2D eigenvalue weighted by Gasteiger charge is -2.22. The van der Waals surface area contributed by atoms with Crippen molar-refractivity contribution in [3.05, 3.63) is 58.9 Å². The van der Waals surface area contributed by atoms with E-state index >= 15 is 0 Å². The van der Waals surface area contributed by atoms with Crippen LogP contribution in [0.2, 0.25) is 0 Å². The van der Waals surface area contributed by atoms with Gasteiger partial charge in [-0.15, -0.1) is 0 Å². The minimum absolute atomic E-state index is 0.0747. The van der Waals surface area contributed by atoms with Crippen molar-refractivity contribution in [2.45, 2.75) is 39.0 Å². The topological polar surface area (TPSA) is 57.8 Å². The largest absolute Gasteiger partial charge is 0.342 e. The predicted octanol–water partition coefficient (Wildman–Crippen LogP) is 4.70. The maximum Gasteiger partial charge on any atom is 0.255 e. The van der Waals surface area contributed by atoms with Gasteiger partial charge in [-0.05, 0) is 56.5 Å². The van der Waals surface area contributed by atoms with E-state index in [0.717, 1.165) is 39.2 Å². The third-order valence-corrected chi connectivity index (χ3v) is 4.89. The number of aromatic amines is 1. The summed E-state index contributed by atoms with van der Waals surface area (Å²) in [7, 11) is 0. The molecular formula is C20H21N3O. The predicted molar refractivity (Wildman–Crippen MR) is 96.6 cm³/mol. The van der Waals surface area contributed by atoms with Crippen LogP contribution in [0.15, 0.2) is 36.4 Å². The smallest absolute Gasteiger partial charge is 0.255 e. The zero-order valence-electron chi connectivity index (χ0n) is 14.0. The number of fused-ring (bicyclic) bond motifs is 1. The zero-order valence-corrected chi connectivity index (χ0v) is 14.0. The third-order valence-electron chi connectivity index (χ3n) is 4.89. The second kappa shape index (κ2) is 5.78. The van der Waals surface area contributed by atoms with Crippen molar-refractivity contribution in [3.63, 3.8) is 0 Å². The van der Waals surface area contributed by atoms with Gasteiger partial charge < -0.3 is 10.3 Å². The number of anilines is 1. The first-order valence-electron chi connectivity index (χ1n) is 8.48. The third kappa shape index (κ3) is 2.68. The molecule has 24 heavy (non-hydrogen) atoms. The number of hydrogen-bond acceptors (Lipinski definition) is 2. The van der Waals surface area contributed by atoms with E-state index < -0.39 is 0 Å². The molecule has 1 aliphatic rings. The normalized spacial score (nSPS) is 14.6. The molecule has 1 heterocycles. The van der Waals surface area contributed by atoms with Crippen LogP contribution in [0.1, 0.15) is 52.5 Å². The van der Waals surface area contributed by atoms with E-state index in [1.54, 1.807) is 0 Å². The van der Waals surface area contributed by atoms with Crippen LogP contribution in [-0.4, -0.2) is 15.9 Å². The van der Waals surface area contributed by atoms with E-state index in [2.05, 4.69) is 15.3 Å². The molecule has 0 spiro atoms. The molecule has 3 aromatic rings. The van der Waals surface area contributed by atoms with E-state index in [9.17, 15) is 4.79 Å². The number of nitrogens with zero attached hydrogens (tertiary/aromatic N) is 1. The highest BCUT2D eigenvalue weighted by Gasteiger charge is 2.22. The molecule has 1 saturated carbocycles. The van der Waals surface area contributed by atoms with Gasteiger partial charge in [0.1, 0.15) is 5.82 Å². The van der Waals surface area contributed by atoms with Crippen molar-refractivity contribution in [3.8, 4) is 0 Å². The van der Waals surface area contributed by atoms with Crippen molar-refractivity contribution in [2.75, 3.05) is 5.32 Å². The second-order valence-electron chi connectivity index (χ2n) is 6.75. The molecule has 4 rings (SSSR count). The van der Waals surface area contributed by atoms with E-state index in [1.807, 2.05) is 50.2 Å². The number of hydrogen-bond donors (Lipinski definition) is 2. The number of aryl methyl sites for hydroxylation is 2. The molecule has 0 unspecified atom stereocenters. The Morgan fingerprint density at radius 3 is 2.75 bits per heavy atom. The van der Waals surface area contributed by atoms with Crippen LogP contribution < -0.4 is 5.32 Å².